The molecule has 2 aromatic carbocycles. The molecule has 0 fully saturated rings. The van der Waals surface area contributed by atoms with E-state index in [1.807, 2.05) is 18.2 Å². The Morgan fingerprint density at radius 1 is 0.964 bits per heavy atom. The van der Waals surface area contributed by atoms with Gasteiger partial charge in [0.2, 0.25) is 9.84 Å². The summed E-state index contributed by atoms with van der Waals surface area (Å²) in [4.78, 5) is 3.44. The van der Waals surface area contributed by atoms with Crippen LogP contribution in [0.4, 0.5) is 0 Å². The summed E-state index contributed by atoms with van der Waals surface area (Å²) < 4.78 is 26.7. The van der Waals surface area contributed by atoms with Gasteiger partial charge in [0.25, 0.3) is 5.70 Å². The van der Waals surface area contributed by atoms with Crippen molar-refractivity contribution >= 4 is 19.6 Å². The number of sulfone groups is 1. The summed E-state index contributed by atoms with van der Waals surface area (Å²) in [5.74, 6) is 0.327. The highest BCUT2D eigenvalue weighted by atomic mass is 32.2. The van der Waals surface area contributed by atoms with Crippen LogP contribution in [0, 0.1) is 17.9 Å². The number of hydrogen-bond donors (Lipinski definition) is 0. The van der Waals surface area contributed by atoms with Gasteiger partial charge in [-0.3, -0.25) is 0 Å². The molecule has 0 aromatic heterocycles. The van der Waals surface area contributed by atoms with E-state index in [9.17, 15) is 13.7 Å². The number of nitriles is 1. The monoisotopic (exact) mass is 386 g/mol. The summed E-state index contributed by atoms with van der Waals surface area (Å²) in [6.45, 7) is 11.4. The molecule has 1 aliphatic heterocycles. The van der Waals surface area contributed by atoms with E-state index in [-0.39, 0.29) is 15.5 Å². The molecule has 0 saturated heterocycles. The van der Waals surface area contributed by atoms with Gasteiger partial charge in [0.15, 0.2) is 0 Å². The summed E-state index contributed by atoms with van der Waals surface area (Å²) in [5.41, 5.74) is 2.32. The fraction of sp³-hybridized carbons (Fsp3) is 0.130. The second-order valence-corrected chi connectivity index (χ2v) is 8.58. The first kappa shape index (κ1) is 19.4. The molecule has 0 radical (unpaired) electrons. The maximum absolute atomic E-state index is 13.4. The van der Waals surface area contributed by atoms with Gasteiger partial charge in [0.05, 0.1) is 22.5 Å². The third-order valence-corrected chi connectivity index (χ3v) is 6.43. The molecular formula is C23H18N2O2S. The van der Waals surface area contributed by atoms with Gasteiger partial charge in [0.1, 0.15) is 0 Å². The lowest BCUT2D eigenvalue weighted by Gasteiger charge is -2.19. The summed E-state index contributed by atoms with van der Waals surface area (Å²) >= 11 is 0. The van der Waals surface area contributed by atoms with Crippen molar-refractivity contribution in [3.05, 3.63) is 106 Å². The van der Waals surface area contributed by atoms with Gasteiger partial charge in [-0.25, -0.2) is 18.5 Å². The molecule has 0 amide bonds. The first-order valence-corrected chi connectivity index (χ1v) is 10.2. The van der Waals surface area contributed by atoms with E-state index in [0.29, 0.717) is 22.6 Å². The Kier molecular flexibility index (Phi) is 5.31. The lowest BCUT2D eigenvalue weighted by molar-refractivity contribution is 0.614. The normalized spacial score (nSPS) is 17.2. The standard InChI is InChI=1S/C23H18N2O2S/c1-16(2)17-9-11-19(12-10-17)23-14-20(21(15-24)25-3)13-22(28(23,26)27)18-7-5-4-6-8-18/h4-14,16H,1-2H3/b21-20+. The lowest BCUT2D eigenvalue weighted by atomic mass is 10.0. The van der Waals surface area contributed by atoms with Crippen molar-refractivity contribution in [2.75, 3.05) is 0 Å². The van der Waals surface area contributed by atoms with E-state index in [1.165, 1.54) is 12.2 Å². The minimum Gasteiger partial charge on any atom is -0.226 e. The first-order valence-electron chi connectivity index (χ1n) is 8.74. The van der Waals surface area contributed by atoms with Crippen molar-refractivity contribution in [1.82, 2.24) is 0 Å². The fourth-order valence-corrected chi connectivity index (χ4v) is 4.69. The van der Waals surface area contributed by atoms with Crippen LogP contribution in [-0.2, 0) is 9.84 Å². The first-order chi connectivity index (χ1) is 13.4. The molecule has 1 aliphatic rings. The van der Waals surface area contributed by atoms with Gasteiger partial charge in [-0.05, 0) is 40.3 Å². The SMILES string of the molecule is [C-]#[N+]/C(C#N)=C1\C=C(c2ccccc2)S(=O)(=O)C(c2ccc(C(C)C)cc2)=C1. The van der Waals surface area contributed by atoms with Crippen LogP contribution in [0.5, 0.6) is 0 Å². The van der Waals surface area contributed by atoms with E-state index in [0.717, 1.165) is 5.56 Å². The average molecular weight is 386 g/mol. The zero-order valence-electron chi connectivity index (χ0n) is 15.5. The molecule has 3 rings (SSSR count). The van der Waals surface area contributed by atoms with Crippen molar-refractivity contribution in [1.29, 1.82) is 5.26 Å². The van der Waals surface area contributed by atoms with Gasteiger partial charge < -0.3 is 0 Å². The number of hydrogen-bond acceptors (Lipinski definition) is 3. The lowest BCUT2D eigenvalue weighted by Crippen LogP contribution is -2.11. The van der Waals surface area contributed by atoms with Gasteiger partial charge in [0, 0.05) is 0 Å². The minimum atomic E-state index is -3.81. The highest BCUT2D eigenvalue weighted by molar-refractivity contribution is 8.09. The van der Waals surface area contributed by atoms with Gasteiger partial charge in [-0.1, -0.05) is 68.4 Å². The molecule has 0 saturated carbocycles. The Morgan fingerprint density at radius 2 is 1.50 bits per heavy atom. The second-order valence-electron chi connectivity index (χ2n) is 6.69. The highest BCUT2D eigenvalue weighted by Gasteiger charge is 2.30. The molecule has 0 N–H and O–H groups in total. The molecular weight excluding hydrogens is 368 g/mol. The zero-order valence-corrected chi connectivity index (χ0v) is 16.4. The van der Waals surface area contributed by atoms with Crippen molar-refractivity contribution in [2.45, 2.75) is 19.8 Å². The molecule has 0 spiro atoms. The number of benzene rings is 2. The summed E-state index contributed by atoms with van der Waals surface area (Å²) in [5, 5.41) is 9.29. The van der Waals surface area contributed by atoms with Crippen LogP contribution in [0.15, 0.2) is 78.0 Å². The number of rotatable bonds is 3. The fourth-order valence-electron chi connectivity index (χ4n) is 3.00. The number of allylic oxidation sites excluding steroid dienone is 4. The Hall–Kier alpha value is -3.41. The molecule has 1 heterocycles. The van der Waals surface area contributed by atoms with Crippen molar-refractivity contribution in [3.63, 3.8) is 0 Å². The van der Waals surface area contributed by atoms with Crippen LogP contribution < -0.4 is 0 Å². The van der Waals surface area contributed by atoms with Gasteiger partial charge in [-0.2, -0.15) is 0 Å². The van der Waals surface area contributed by atoms with E-state index in [4.69, 9.17) is 6.57 Å². The van der Waals surface area contributed by atoms with E-state index in [2.05, 4.69) is 18.7 Å². The van der Waals surface area contributed by atoms with Crippen LogP contribution >= 0.6 is 0 Å². The summed E-state index contributed by atoms with van der Waals surface area (Å²) in [6, 6.07) is 17.9. The van der Waals surface area contributed by atoms with Crippen molar-refractivity contribution < 1.29 is 8.42 Å². The molecule has 138 valence electrons. The maximum atomic E-state index is 13.4. The second kappa shape index (κ2) is 7.68. The maximum Gasteiger partial charge on any atom is 0.269 e. The van der Waals surface area contributed by atoms with Gasteiger partial charge >= 0.3 is 0 Å². The van der Waals surface area contributed by atoms with Crippen molar-refractivity contribution in [3.8, 4) is 6.07 Å². The zero-order chi connectivity index (χ0) is 20.3. The Bertz CT molecular complexity index is 1170. The third-order valence-electron chi connectivity index (χ3n) is 4.56. The molecule has 2 aromatic rings. The van der Waals surface area contributed by atoms with E-state index in [1.54, 1.807) is 42.5 Å². The quantitative estimate of drug-likeness (QED) is 0.530. The molecule has 0 atom stereocenters. The Morgan fingerprint density at radius 3 is 1.96 bits per heavy atom. The van der Waals surface area contributed by atoms with Crippen molar-refractivity contribution in [2.24, 2.45) is 0 Å². The molecule has 0 aliphatic carbocycles. The van der Waals surface area contributed by atoms with Crippen LogP contribution in [0.25, 0.3) is 14.7 Å². The molecule has 5 heteroatoms. The molecule has 0 bridgehead atoms. The average Bonchev–Trinajstić information content (AvgIpc) is 2.70. The van der Waals surface area contributed by atoms with Gasteiger partial charge in [-0.15, -0.1) is 0 Å². The third kappa shape index (κ3) is 3.53. The Balaban J connectivity index is 2.26. The van der Waals surface area contributed by atoms with Crippen LogP contribution in [-0.4, -0.2) is 8.42 Å². The predicted molar refractivity (Wildman–Crippen MR) is 111 cm³/mol. The summed E-state index contributed by atoms with van der Waals surface area (Å²) in [7, 11) is -3.81. The minimum absolute atomic E-state index is 0.0879. The molecule has 0 unspecified atom stereocenters. The highest BCUT2D eigenvalue weighted by Crippen LogP contribution is 2.39. The largest absolute Gasteiger partial charge is 0.269 e. The van der Waals surface area contributed by atoms with E-state index < -0.39 is 9.84 Å². The predicted octanol–water partition coefficient (Wildman–Crippen LogP) is 5.32. The topological polar surface area (TPSA) is 62.3 Å². The van der Waals surface area contributed by atoms with Crippen LogP contribution in [0.1, 0.15) is 36.5 Å². The smallest absolute Gasteiger partial charge is 0.226 e. The van der Waals surface area contributed by atoms with E-state index >= 15 is 0 Å². The van der Waals surface area contributed by atoms with Crippen LogP contribution in [0.3, 0.4) is 0 Å². The molecule has 4 nitrogen and oxygen atoms in total. The molecule has 28 heavy (non-hydrogen) atoms. The Labute approximate surface area is 165 Å². The summed E-state index contributed by atoms with van der Waals surface area (Å²) in [6.07, 6.45) is 2.83. The van der Waals surface area contributed by atoms with Crippen LogP contribution in [0.2, 0.25) is 0 Å². The number of nitrogens with zero attached hydrogens (tertiary/aromatic N) is 2.